The number of halogens is 1. The van der Waals surface area contributed by atoms with E-state index in [0.717, 1.165) is 11.1 Å². The molecule has 0 saturated carbocycles. The largest absolute Gasteiger partial charge is 0.478 e. The molecule has 0 unspecified atom stereocenters. The lowest BCUT2D eigenvalue weighted by molar-refractivity contribution is -0.133. The van der Waals surface area contributed by atoms with Gasteiger partial charge in [0.15, 0.2) is 0 Å². The molecule has 5 nitrogen and oxygen atoms in total. The first kappa shape index (κ1) is 22.9. The minimum absolute atomic E-state index is 0.0257. The summed E-state index contributed by atoms with van der Waals surface area (Å²) in [6.45, 7) is 3.75. The molecule has 0 saturated heterocycles. The number of nitrogens with zero attached hydrogens (tertiary/aromatic N) is 1. The molecule has 170 valence electrons. The molecule has 0 amide bonds. The SMILES string of the molecule is Cc1ccc([C@H]2C(C(=O)O)=CC[C@@H](c3cccc(F)c3)N2S(=O)(=O)c2ccc(C)cc2)cc1. The van der Waals surface area contributed by atoms with Crippen molar-refractivity contribution >= 4 is 16.0 Å². The number of rotatable bonds is 5. The van der Waals surface area contributed by atoms with Crippen LogP contribution >= 0.6 is 0 Å². The van der Waals surface area contributed by atoms with Gasteiger partial charge in [-0.15, -0.1) is 0 Å². The monoisotopic (exact) mass is 465 g/mol. The Balaban J connectivity index is 1.97. The third-order valence-corrected chi connectivity index (χ3v) is 7.78. The van der Waals surface area contributed by atoms with E-state index in [2.05, 4.69) is 0 Å². The van der Waals surface area contributed by atoms with Crippen molar-refractivity contribution in [1.82, 2.24) is 4.31 Å². The van der Waals surface area contributed by atoms with E-state index in [0.29, 0.717) is 11.1 Å². The molecule has 0 aromatic heterocycles. The first-order valence-electron chi connectivity index (χ1n) is 10.5. The molecule has 0 aliphatic carbocycles. The second-order valence-electron chi connectivity index (χ2n) is 8.23. The summed E-state index contributed by atoms with van der Waals surface area (Å²) in [5.74, 6) is -1.68. The Bertz CT molecular complexity index is 1320. The molecule has 0 spiro atoms. The highest BCUT2D eigenvalue weighted by Crippen LogP contribution is 2.45. The Morgan fingerprint density at radius 2 is 1.55 bits per heavy atom. The minimum Gasteiger partial charge on any atom is -0.478 e. The van der Waals surface area contributed by atoms with Crippen molar-refractivity contribution < 1.29 is 22.7 Å². The van der Waals surface area contributed by atoms with E-state index in [9.17, 15) is 22.7 Å². The predicted octanol–water partition coefficient (Wildman–Crippen LogP) is 5.33. The lowest BCUT2D eigenvalue weighted by Crippen LogP contribution is -2.42. The van der Waals surface area contributed by atoms with Crippen molar-refractivity contribution in [1.29, 1.82) is 0 Å². The van der Waals surface area contributed by atoms with Crippen LogP contribution in [-0.4, -0.2) is 23.8 Å². The fraction of sp³-hybridized carbons (Fsp3) is 0.192. The van der Waals surface area contributed by atoms with Gasteiger partial charge in [-0.2, -0.15) is 4.31 Å². The average molecular weight is 466 g/mol. The number of carbonyl (C=O) groups is 1. The Kier molecular flexibility index (Phi) is 6.19. The molecule has 7 heteroatoms. The van der Waals surface area contributed by atoms with Gasteiger partial charge in [-0.3, -0.25) is 0 Å². The molecule has 3 aromatic carbocycles. The summed E-state index contributed by atoms with van der Waals surface area (Å²) in [5, 5.41) is 9.97. The summed E-state index contributed by atoms with van der Waals surface area (Å²) in [7, 11) is -4.16. The molecule has 4 rings (SSSR count). The maximum absolute atomic E-state index is 14.1. The first-order chi connectivity index (χ1) is 15.7. The van der Waals surface area contributed by atoms with E-state index in [4.69, 9.17) is 0 Å². The normalized spacial score (nSPS) is 19.2. The smallest absolute Gasteiger partial charge is 0.333 e. The quantitative estimate of drug-likeness (QED) is 0.553. The molecule has 1 N–H and O–H groups in total. The van der Waals surface area contributed by atoms with E-state index < -0.39 is 33.9 Å². The molecular formula is C26H24FNO4S. The minimum atomic E-state index is -4.16. The van der Waals surface area contributed by atoms with Gasteiger partial charge >= 0.3 is 5.97 Å². The molecular weight excluding hydrogens is 441 g/mol. The van der Waals surface area contributed by atoms with Crippen LogP contribution < -0.4 is 0 Å². The van der Waals surface area contributed by atoms with E-state index in [1.54, 1.807) is 36.4 Å². The van der Waals surface area contributed by atoms with Crippen molar-refractivity contribution in [2.45, 2.75) is 37.2 Å². The number of aryl methyl sites for hydroxylation is 2. The highest BCUT2D eigenvalue weighted by Gasteiger charge is 2.44. The van der Waals surface area contributed by atoms with Crippen LogP contribution in [0.2, 0.25) is 0 Å². The van der Waals surface area contributed by atoms with Gasteiger partial charge < -0.3 is 5.11 Å². The van der Waals surface area contributed by atoms with Crippen LogP contribution in [0.3, 0.4) is 0 Å². The lowest BCUT2D eigenvalue weighted by Gasteiger charge is -2.40. The number of aliphatic carboxylic acids is 1. The molecule has 0 fully saturated rings. The maximum atomic E-state index is 14.1. The van der Waals surface area contributed by atoms with E-state index in [-0.39, 0.29) is 16.9 Å². The number of carboxylic acid groups (broad SMARTS) is 1. The molecule has 1 aliphatic rings. The van der Waals surface area contributed by atoms with Crippen molar-refractivity contribution in [2.24, 2.45) is 0 Å². The molecule has 0 bridgehead atoms. The zero-order chi connectivity index (χ0) is 23.8. The molecule has 0 radical (unpaired) electrons. The summed E-state index contributed by atoms with van der Waals surface area (Å²) in [4.78, 5) is 12.3. The van der Waals surface area contributed by atoms with Gasteiger partial charge in [0.2, 0.25) is 10.0 Å². The zero-order valence-electron chi connectivity index (χ0n) is 18.3. The summed E-state index contributed by atoms with van der Waals surface area (Å²) >= 11 is 0. The van der Waals surface area contributed by atoms with E-state index in [1.807, 2.05) is 26.0 Å². The zero-order valence-corrected chi connectivity index (χ0v) is 19.1. The van der Waals surface area contributed by atoms with Gasteiger partial charge in [0.25, 0.3) is 0 Å². The summed E-state index contributed by atoms with van der Waals surface area (Å²) in [5.41, 5.74) is 2.83. The van der Waals surface area contributed by atoms with Crippen LogP contribution in [-0.2, 0) is 14.8 Å². The van der Waals surface area contributed by atoms with Gasteiger partial charge in [-0.1, -0.05) is 65.7 Å². The van der Waals surface area contributed by atoms with Gasteiger partial charge in [-0.25, -0.2) is 17.6 Å². The fourth-order valence-corrected chi connectivity index (χ4v) is 5.96. The molecule has 33 heavy (non-hydrogen) atoms. The Hall–Kier alpha value is -3.29. The molecule has 1 heterocycles. The van der Waals surface area contributed by atoms with E-state index in [1.165, 1.54) is 34.6 Å². The number of hydrogen-bond donors (Lipinski definition) is 1. The highest BCUT2D eigenvalue weighted by molar-refractivity contribution is 7.89. The third kappa shape index (κ3) is 4.47. The third-order valence-electron chi connectivity index (χ3n) is 5.89. The molecule has 3 aromatic rings. The van der Waals surface area contributed by atoms with E-state index >= 15 is 0 Å². The standard InChI is InChI=1S/C26H24FNO4S/c1-17-6-10-19(11-7-17)25-23(26(29)30)14-15-24(20-4-3-5-21(27)16-20)28(25)33(31,32)22-12-8-18(2)9-13-22/h3-14,16,24-25H,15H2,1-2H3,(H,29,30)/t24-,25-/m0/s1. The van der Waals surface area contributed by atoms with Crippen LogP contribution in [0, 0.1) is 19.7 Å². The topological polar surface area (TPSA) is 74.7 Å². The second-order valence-corrected chi connectivity index (χ2v) is 10.1. The number of sulfonamides is 1. The Morgan fingerprint density at radius 1 is 0.939 bits per heavy atom. The van der Waals surface area contributed by atoms with Gasteiger partial charge in [-0.05, 0) is 55.7 Å². The summed E-state index contributed by atoms with van der Waals surface area (Å²) in [6, 6.07) is 17.5. The molecule has 2 atom stereocenters. The van der Waals surface area contributed by atoms with Gasteiger partial charge in [0.05, 0.1) is 22.6 Å². The lowest BCUT2D eigenvalue weighted by atomic mass is 9.89. The maximum Gasteiger partial charge on any atom is 0.333 e. The van der Waals surface area contributed by atoms with Crippen LogP contribution in [0.5, 0.6) is 0 Å². The number of hydrogen-bond acceptors (Lipinski definition) is 3. The number of benzene rings is 3. The van der Waals surface area contributed by atoms with Crippen LogP contribution in [0.15, 0.2) is 89.3 Å². The second kappa shape index (κ2) is 8.92. The van der Waals surface area contributed by atoms with Gasteiger partial charge in [0.1, 0.15) is 5.82 Å². The van der Waals surface area contributed by atoms with Crippen LogP contribution in [0.25, 0.3) is 0 Å². The van der Waals surface area contributed by atoms with Crippen molar-refractivity contribution in [3.05, 3.63) is 113 Å². The van der Waals surface area contributed by atoms with Crippen molar-refractivity contribution in [3.63, 3.8) is 0 Å². The highest BCUT2D eigenvalue weighted by atomic mass is 32.2. The Labute approximate surface area is 192 Å². The fourth-order valence-electron chi connectivity index (χ4n) is 4.19. The van der Waals surface area contributed by atoms with Crippen LogP contribution in [0.1, 0.15) is 40.8 Å². The summed E-state index contributed by atoms with van der Waals surface area (Å²) in [6.07, 6.45) is 1.65. The van der Waals surface area contributed by atoms with Crippen molar-refractivity contribution in [3.8, 4) is 0 Å². The summed E-state index contributed by atoms with van der Waals surface area (Å²) < 4.78 is 43.3. The average Bonchev–Trinajstić information content (AvgIpc) is 2.79. The molecule has 1 aliphatic heterocycles. The number of carboxylic acids is 1. The van der Waals surface area contributed by atoms with Gasteiger partial charge in [0, 0.05) is 0 Å². The Morgan fingerprint density at radius 3 is 2.12 bits per heavy atom. The van der Waals surface area contributed by atoms with Crippen molar-refractivity contribution in [2.75, 3.05) is 0 Å². The van der Waals surface area contributed by atoms with Crippen LogP contribution in [0.4, 0.5) is 4.39 Å². The predicted molar refractivity (Wildman–Crippen MR) is 124 cm³/mol. The first-order valence-corrected chi connectivity index (χ1v) is 12.0.